The van der Waals surface area contributed by atoms with Gasteiger partial charge >= 0.3 is 5.97 Å². The summed E-state index contributed by atoms with van der Waals surface area (Å²) in [6.07, 6.45) is -8.96. The molecule has 0 spiro atoms. The summed E-state index contributed by atoms with van der Waals surface area (Å²) in [5.74, 6) is -4.35. The number of carbonyl (C=O) groups excluding carboxylic acids is 4. The molecule has 1 aliphatic carbocycles. The first-order chi connectivity index (χ1) is 17.4. The fourth-order valence-electron chi connectivity index (χ4n) is 4.27. The average molecular weight is 516 g/mol. The molecule has 0 aromatic heterocycles. The molecule has 2 aromatic rings. The van der Waals surface area contributed by atoms with Crippen LogP contribution in [0.3, 0.4) is 0 Å². The van der Waals surface area contributed by atoms with Crippen molar-refractivity contribution in [2.75, 3.05) is 6.61 Å². The van der Waals surface area contributed by atoms with Crippen LogP contribution in [0, 0.1) is 6.92 Å². The van der Waals surface area contributed by atoms with Gasteiger partial charge in [-0.2, -0.15) is 0 Å². The number of phenolic OH excluding ortho intramolecular Hbond substituents is 2. The van der Waals surface area contributed by atoms with Crippen LogP contribution in [0.25, 0.3) is 0 Å². The summed E-state index contributed by atoms with van der Waals surface area (Å²) < 4.78 is 16.0. The van der Waals surface area contributed by atoms with Gasteiger partial charge in [0, 0.05) is 11.1 Å². The van der Waals surface area contributed by atoms with Crippen LogP contribution in [-0.2, 0) is 19.1 Å². The molecule has 5 atom stereocenters. The molecule has 0 radical (unpaired) electrons. The highest BCUT2D eigenvalue weighted by molar-refractivity contribution is 6.30. The third-order valence-corrected chi connectivity index (χ3v) is 6.13. The first-order valence-electron chi connectivity index (χ1n) is 11.2. The third-order valence-electron chi connectivity index (χ3n) is 6.13. The van der Waals surface area contributed by atoms with E-state index in [0.29, 0.717) is 0 Å². The quantitative estimate of drug-likeness (QED) is 0.216. The van der Waals surface area contributed by atoms with Crippen molar-refractivity contribution in [1.82, 2.24) is 0 Å². The van der Waals surface area contributed by atoms with Gasteiger partial charge in [-0.15, -0.1) is 0 Å². The standard InChI is InChI=1S/C25H24O12/c1-9-6-12-17(20(31)16-11(18(12)29)4-3-5-13(16)27)21(32)24(9)37-25-23(34)22(33)19(30)14(36-25)8-35-15(28)7-10(2)26/h3-6,14,19,22-23,25,27,30,32-34H,7-8H2,1-2H3/t14?,19-,22?,23+,25-/m1/s1. The van der Waals surface area contributed by atoms with Crippen molar-refractivity contribution in [3.8, 4) is 17.2 Å². The topological polar surface area (TPSA) is 197 Å². The molecule has 1 aliphatic heterocycles. The summed E-state index contributed by atoms with van der Waals surface area (Å²) in [6.45, 7) is 2.05. The molecule has 1 heterocycles. The van der Waals surface area contributed by atoms with Crippen molar-refractivity contribution in [2.24, 2.45) is 0 Å². The van der Waals surface area contributed by atoms with E-state index in [9.17, 15) is 44.7 Å². The molecule has 2 unspecified atom stereocenters. The highest BCUT2D eigenvalue weighted by Crippen LogP contribution is 2.43. The Morgan fingerprint density at radius 1 is 0.973 bits per heavy atom. The van der Waals surface area contributed by atoms with E-state index >= 15 is 0 Å². The largest absolute Gasteiger partial charge is 0.507 e. The number of fused-ring (bicyclic) bond motifs is 2. The number of aliphatic hydroxyl groups excluding tert-OH is 3. The third kappa shape index (κ3) is 4.67. The first-order valence-corrected chi connectivity index (χ1v) is 11.2. The van der Waals surface area contributed by atoms with Crippen LogP contribution in [-0.4, -0.2) is 86.2 Å². The van der Waals surface area contributed by atoms with Crippen molar-refractivity contribution < 1.29 is 58.9 Å². The number of benzene rings is 2. The number of Topliss-reactive ketones (excluding diaryl/α,β-unsaturated/α-hetero) is 1. The van der Waals surface area contributed by atoms with Gasteiger partial charge in [-0.05, 0) is 31.5 Å². The van der Waals surface area contributed by atoms with Crippen LogP contribution in [0.2, 0.25) is 0 Å². The van der Waals surface area contributed by atoms with Crippen LogP contribution in [0.15, 0.2) is 24.3 Å². The predicted octanol–water partition coefficient (Wildman–Crippen LogP) is -0.110. The second kappa shape index (κ2) is 9.90. The molecule has 1 saturated heterocycles. The molecular weight excluding hydrogens is 492 g/mol. The maximum absolute atomic E-state index is 13.1. The number of ether oxygens (including phenoxy) is 3. The number of esters is 1. The van der Waals surface area contributed by atoms with Crippen molar-refractivity contribution in [1.29, 1.82) is 0 Å². The molecule has 12 nitrogen and oxygen atoms in total. The van der Waals surface area contributed by atoms with E-state index < -0.39 is 84.1 Å². The molecule has 37 heavy (non-hydrogen) atoms. The Hall–Kier alpha value is -3.84. The zero-order chi connectivity index (χ0) is 27.2. The van der Waals surface area contributed by atoms with E-state index in [1.165, 1.54) is 38.1 Å². The Morgan fingerprint density at radius 3 is 2.35 bits per heavy atom. The molecule has 4 rings (SSSR count). The summed E-state index contributed by atoms with van der Waals surface area (Å²) >= 11 is 0. The lowest BCUT2D eigenvalue weighted by atomic mass is 9.82. The van der Waals surface area contributed by atoms with Crippen LogP contribution in [0.1, 0.15) is 50.8 Å². The van der Waals surface area contributed by atoms with E-state index in [1.54, 1.807) is 0 Å². The number of aliphatic hydroxyl groups is 3. The van der Waals surface area contributed by atoms with Gasteiger partial charge < -0.3 is 39.7 Å². The molecule has 2 aromatic carbocycles. The normalized spacial score (nSPS) is 24.7. The Labute approximate surface area is 209 Å². The lowest BCUT2D eigenvalue weighted by Gasteiger charge is -2.40. The summed E-state index contributed by atoms with van der Waals surface area (Å²) in [7, 11) is 0. The van der Waals surface area contributed by atoms with Crippen LogP contribution in [0.4, 0.5) is 0 Å². The summed E-state index contributed by atoms with van der Waals surface area (Å²) in [6, 6.07) is 5.29. The number of hydrogen-bond donors (Lipinski definition) is 5. The van der Waals surface area contributed by atoms with Gasteiger partial charge in [0.25, 0.3) is 0 Å². The molecule has 0 bridgehead atoms. The molecule has 1 fully saturated rings. The number of phenols is 2. The number of hydrogen-bond acceptors (Lipinski definition) is 12. The van der Waals surface area contributed by atoms with Crippen LogP contribution < -0.4 is 4.74 Å². The van der Waals surface area contributed by atoms with Gasteiger partial charge in [-0.3, -0.25) is 19.2 Å². The minimum Gasteiger partial charge on any atom is -0.507 e. The van der Waals surface area contributed by atoms with Gasteiger partial charge in [0.15, 0.2) is 17.3 Å². The number of rotatable bonds is 6. The fraction of sp³-hybridized carbons (Fsp3) is 0.360. The summed E-state index contributed by atoms with van der Waals surface area (Å²) in [4.78, 5) is 48.9. The van der Waals surface area contributed by atoms with Crippen molar-refractivity contribution in [3.05, 3.63) is 52.1 Å². The number of ketones is 3. The number of aromatic hydroxyl groups is 2. The van der Waals surface area contributed by atoms with Gasteiger partial charge in [0.1, 0.15) is 49.0 Å². The molecule has 196 valence electrons. The molecule has 5 N–H and O–H groups in total. The Morgan fingerprint density at radius 2 is 1.68 bits per heavy atom. The second-order valence-corrected chi connectivity index (χ2v) is 8.85. The van der Waals surface area contributed by atoms with Gasteiger partial charge in [-0.1, -0.05) is 12.1 Å². The zero-order valence-electron chi connectivity index (χ0n) is 19.7. The van der Waals surface area contributed by atoms with Gasteiger partial charge in [-0.25, -0.2) is 0 Å². The highest BCUT2D eigenvalue weighted by atomic mass is 16.7. The maximum Gasteiger partial charge on any atom is 0.313 e. The Bertz CT molecular complexity index is 1300. The summed E-state index contributed by atoms with van der Waals surface area (Å²) in [5, 5.41) is 52.0. The second-order valence-electron chi connectivity index (χ2n) is 8.85. The first kappa shape index (κ1) is 26.2. The SMILES string of the molecule is CC(=O)CC(=O)OCC1O[C@H](Oc2c(C)cc3c(c2O)C(=O)c2c(O)cccc2C3=O)[C@@H](O)C(O)[C@@H]1O. The van der Waals surface area contributed by atoms with E-state index in [2.05, 4.69) is 0 Å². The molecular formula is C25H24O12. The number of carbonyl (C=O) groups is 4. The number of aryl methyl sites for hydroxylation is 1. The van der Waals surface area contributed by atoms with E-state index in [-0.39, 0.29) is 28.0 Å². The molecule has 12 heteroatoms. The summed E-state index contributed by atoms with van der Waals surface area (Å²) in [5.41, 5.74) is -0.705. The van der Waals surface area contributed by atoms with Crippen molar-refractivity contribution >= 4 is 23.3 Å². The van der Waals surface area contributed by atoms with Crippen molar-refractivity contribution in [3.63, 3.8) is 0 Å². The van der Waals surface area contributed by atoms with Crippen molar-refractivity contribution in [2.45, 2.75) is 51.0 Å². The van der Waals surface area contributed by atoms with E-state index in [1.807, 2.05) is 0 Å². The van der Waals surface area contributed by atoms with Gasteiger partial charge in [0.2, 0.25) is 12.1 Å². The van der Waals surface area contributed by atoms with Crippen LogP contribution in [0.5, 0.6) is 17.2 Å². The predicted molar refractivity (Wildman–Crippen MR) is 121 cm³/mol. The van der Waals surface area contributed by atoms with Crippen LogP contribution >= 0.6 is 0 Å². The average Bonchev–Trinajstić information content (AvgIpc) is 2.83. The fourth-order valence-corrected chi connectivity index (χ4v) is 4.27. The Balaban J connectivity index is 1.63. The molecule has 0 saturated carbocycles. The minimum absolute atomic E-state index is 0.0322. The van der Waals surface area contributed by atoms with E-state index in [0.717, 1.165) is 0 Å². The lowest BCUT2D eigenvalue weighted by molar-refractivity contribution is -0.278. The van der Waals surface area contributed by atoms with E-state index in [4.69, 9.17) is 14.2 Å². The smallest absolute Gasteiger partial charge is 0.313 e. The van der Waals surface area contributed by atoms with Gasteiger partial charge in [0.05, 0.1) is 11.1 Å². The maximum atomic E-state index is 13.1. The lowest BCUT2D eigenvalue weighted by Crippen LogP contribution is -2.60. The Kier molecular flexibility index (Phi) is 7.02. The molecule has 2 aliphatic rings. The highest BCUT2D eigenvalue weighted by Gasteiger charge is 2.46. The zero-order valence-corrected chi connectivity index (χ0v) is 19.7. The molecule has 0 amide bonds. The minimum atomic E-state index is -1.84. The monoisotopic (exact) mass is 516 g/mol.